The molecule has 2 N–H and O–H groups in total. The molecule has 0 fully saturated rings. The summed E-state index contributed by atoms with van der Waals surface area (Å²) in [6.07, 6.45) is 0. The monoisotopic (exact) mass is 318 g/mol. The Bertz CT molecular complexity index is 809. The molecule has 0 bridgehead atoms. The van der Waals surface area contributed by atoms with Crippen molar-refractivity contribution in [2.24, 2.45) is 5.73 Å². The summed E-state index contributed by atoms with van der Waals surface area (Å²) >= 11 is 5.08. The summed E-state index contributed by atoms with van der Waals surface area (Å²) in [7, 11) is 0. The fourth-order valence-electron chi connectivity index (χ4n) is 2.77. The molecule has 6 nitrogen and oxygen atoms in total. The standard InChI is InChI=1S/C15H18N4O2S/c1-7-6-12(15(16)22)8(2)9(3)13(7)18-11(5)14(19(20)21)10(4)17-18/h6H,1-5H3,(H2,16,22). The molecule has 7 heteroatoms. The molecule has 0 amide bonds. The van der Waals surface area contributed by atoms with Crippen molar-refractivity contribution in [3.05, 3.63) is 49.8 Å². The summed E-state index contributed by atoms with van der Waals surface area (Å²) in [6, 6.07) is 1.91. The molecule has 22 heavy (non-hydrogen) atoms. The first-order valence-electron chi connectivity index (χ1n) is 6.78. The predicted octanol–water partition coefficient (Wildman–Crippen LogP) is 2.96. The van der Waals surface area contributed by atoms with E-state index in [1.807, 2.05) is 26.8 Å². The molecule has 0 saturated heterocycles. The molecular weight excluding hydrogens is 300 g/mol. The maximum absolute atomic E-state index is 11.2. The molecule has 1 heterocycles. The highest BCUT2D eigenvalue weighted by Gasteiger charge is 2.24. The van der Waals surface area contributed by atoms with Gasteiger partial charge in [-0.3, -0.25) is 10.1 Å². The Labute approximate surface area is 134 Å². The zero-order chi connectivity index (χ0) is 16.8. The molecule has 0 unspecified atom stereocenters. The van der Waals surface area contributed by atoms with E-state index in [0.717, 1.165) is 27.9 Å². The van der Waals surface area contributed by atoms with Crippen molar-refractivity contribution in [3.63, 3.8) is 0 Å². The smallest absolute Gasteiger partial charge is 0.313 e. The van der Waals surface area contributed by atoms with E-state index in [9.17, 15) is 10.1 Å². The van der Waals surface area contributed by atoms with Crippen LogP contribution in [0.4, 0.5) is 5.69 Å². The fraction of sp³-hybridized carbons (Fsp3) is 0.333. The zero-order valence-corrected chi connectivity index (χ0v) is 14.0. The van der Waals surface area contributed by atoms with E-state index in [1.54, 1.807) is 18.5 Å². The number of benzene rings is 1. The van der Waals surface area contributed by atoms with Crippen LogP contribution in [0.15, 0.2) is 6.07 Å². The van der Waals surface area contributed by atoms with E-state index in [1.165, 1.54) is 0 Å². The first kappa shape index (κ1) is 16.1. The molecular formula is C15H18N4O2S. The number of aryl methyl sites for hydroxylation is 2. The van der Waals surface area contributed by atoms with Crippen LogP contribution < -0.4 is 5.73 Å². The lowest BCUT2D eigenvalue weighted by molar-refractivity contribution is -0.386. The van der Waals surface area contributed by atoms with Gasteiger partial charge in [0.2, 0.25) is 0 Å². The third kappa shape index (κ3) is 2.37. The van der Waals surface area contributed by atoms with Crippen molar-refractivity contribution in [1.29, 1.82) is 0 Å². The lowest BCUT2D eigenvalue weighted by Crippen LogP contribution is -2.15. The summed E-state index contributed by atoms with van der Waals surface area (Å²) in [6.45, 7) is 9.15. The summed E-state index contributed by atoms with van der Waals surface area (Å²) in [5, 5.41) is 15.5. The van der Waals surface area contributed by atoms with Crippen LogP contribution in [0.5, 0.6) is 0 Å². The maximum atomic E-state index is 11.2. The Balaban J connectivity index is 2.80. The van der Waals surface area contributed by atoms with Crippen LogP contribution in [0.2, 0.25) is 0 Å². The average molecular weight is 318 g/mol. The van der Waals surface area contributed by atoms with Crippen LogP contribution in [-0.2, 0) is 0 Å². The van der Waals surface area contributed by atoms with Crippen LogP contribution in [0.1, 0.15) is 33.6 Å². The van der Waals surface area contributed by atoms with Crippen LogP contribution in [0, 0.1) is 44.7 Å². The van der Waals surface area contributed by atoms with Crippen molar-refractivity contribution >= 4 is 22.9 Å². The van der Waals surface area contributed by atoms with Gasteiger partial charge in [0, 0.05) is 5.56 Å². The van der Waals surface area contributed by atoms with Crippen LogP contribution in [0.25, 0.3) is 5.69 Å². The van der Waals surface area contributed by atoms with Gasteiger partial charge in [-0.2, -0.15) is 5.10 Å². The molecule has 0 aliphatic carbocycles. The molecule has 0 aliphatic rings. The van der Waals surface area contributed by atoms with Gasteiger partial charge >= 0.3 is 5.69 Å². The van der Waals surface area contributed by atoms with Crippen molar-refractivity contribution in [3.8, 4) is 5.69 Å². The molecule has 2 rings (SSSR count). The number of nitro groups is 1. The largest absolute Gasteiger partial charge is 0.389 e. The number of hydrogen-bond donors (Lipinski definition) is 1. The number of aromatic nitrogens is 2. The van der Waals surface area contributed by atoms with Gasteiger partial charge in [-0.25, -0.2) is 4.68 Å². The van der Waals surface area contributed by atoms with Crippen LogP contribution in [0.3, 0.4) is 0 Å². The summed E-state index contributed by atoms with van der Waals surface area (Å²) in [5.74, 6) is 0. The second kappa shape index (κ2) is 5.49. The van der Waals surface area contributed by atoms with E-state index in [0.29, 0.717) is 16.4 Å². The first-order valence-corrected chi connectivity index (χ1v) is 7.19. The molecule has 1 aromatic carbocycles. The van der Waals surface area contributed by atoms with E-state index in [4.69, 9.17) is 18.0 Å². The van der Waals surface area contributed by atoms with Gasteiger partial charge in [-0.1, -0.05) is 12.2 Å². The lowest BCUT2D eigenvalue weighted by atomic mass is 9.97. The molecule has 0 radical (unpaired) electrons. The SMILES string of the molecule is Cc1cc(C(N)=S)c(C)c(C)c1-n1nc(C)c([N+](=O)[O-])c1C. The van der Waals surface area contributed by atoms with Gasteiger partial charge in [-0.15, -0.1) is 0 Å². The van der Waals surface area contributed by atoms with Crippen LogP contribution in [-0.4, -0.2) is 19.7 Å². The number of rotatable bonds is 3. The average Bonchev–Trinajstić information content (AvgIpc) is 2.69. The highest BCUT2D eigenvalue weighted by atomic mass is 32.1. The van der Waals surface area contributed by atoms with E-state index in [-0.39, 0.29) is 5.69 Å². The quantitative estimate of drug-likeness (QED) is 0.534. The third-order valence-corrected chi connectivity index (χ3v) is 4.19. The Kier molecular flexibility index (Phi) is 4.02. The number of nitrogens with zero attached hydrogens (tertiary/aromatic N) is 3. The summed E-state index contributed by atoms with van der Waals surface area (Å²) in [4.78, 5) is 11.1. The van der Waals surface area contributed by atoms with Gasteiger partial charge in [-0.05, 0) is 57.4 Å². The molecule has 116 valence electrons. The van der Waals surface area contributed by atoms with E-state index < -0.39 is 4.92 Å². The molecule has 2 aromatic rings. The first-order chi connectivity index (χ1) is 10.2. The molecule has 0 spiro atoms. The minimum Gasteiger partial charge on any atom is -0.389 e. The van der Waals surface area contributed by atoms with Gasteiger partial charge in [0.05, 0.1) is 10.6 Å². The second-order valence-electron chi connectivity index (χ2n) is 5.39. The van der Waals surface area contributed by atoms with E-state index >= 15 is 0 Å². The van der Waals surface area contributed by atoms with Gasteiger partial charge in [0.1, 0.15) is 16.4 Å². The highest BCUT2D eigenvalue weighted by molar-refractivity contribution is 7.80. The fourth-order valence-corrected chi connectivity index (χ4v) is 2.98. The number of hydrogen-bond acceptors (Lipinski definition) is 4. The molecule has 0 saturated carbocycles. The zero-order valence-electron chi connectivity index (χ0n) is 13.2. The number of thiocarbonyl (C=S) groups is 1. The normalized spacial score (nSPS) is 10.8. The number of nitrogens with two attached hydrogens (primary N) is 1. The maximum Gasteiger partial charge on any atom is 0.313 e. The second-order valence-corrected chi connectivity index (χ2v) is 5.83. The summed E-state index contributed by atoms with van der Waals surface area (Å²) in [5.41, 5.74) is 11.2. The Hall–Kier alpha value is -2.28. The molecule has 0 aliphatic heterocycles. The molecule has 1 aromatic heterocycles. The predicted molar refractivity (Wildman–Crippen MR) is 89.8 cm³/mol. The topological polar surface area (TPSA) is 87.0 Å². The Morgan fingerprint density at radius 3 is 2.32 bits per heavy atom. The van der Waals surface area contributed by atoms with E-state index in [2.05, 4.69) is 5.10 Å². The van der Waals surface area contributed by atoms with Crippen LogP contribution >= 0.6 is 12.2 Å². The highest BCUT2D eigenvalue weighted by Crippen LogP contribution is 2.30. The minimum atomic E-state index is -0.394. The Morgan fingerprint density at radius 1 is 1.27 bits per heavy atom. The lowest BCUT2D eigenvalue weighted by Gasteiger charge is -2.17. The summed E-state index contributed by atoms with van der Waals surface area (Å²) < 4.78 is 1.63. The van der Waals surface area contributed by atoms with Crippen molar-refractivity contribution in [1.82, 2.24) is 9.78 Å². The van der Waals surface area contributed by atoms with Gasteiger partial charge < -0.3 is 5.73 Å². The minimum absolute atomic E-state index is 0.0508. The van der Waals surface area contributed by atoms with Crippen molar-refractivity contribution in [2.45, 2.75) is 34.6 Å². The van der Waals surface area contributed by atoms with Crippen molar-refractivity contribution < 1.29 is 4.92 Å². The Morgan fingerprint density at radius 2 is 1.86 bits per heavy atom. The molecule has 0 atom stereocenters. The van der Waals surface area contributed by atoms with Crippen molar-refractivity contribution in [2.75, 3.05) is 0 Å². The third-order valence-electron chi connectivity index (χ3n) is 3.97. The van der Waals surface area contributed by atoms with Gasteiger partial charge in [0.25, 0.3) is 0 Å². The van der Waals surface area contributed by atoms with Gasteiger partial charge in [0.15, 0.2) is 0 Å².